The number of aromatic nitrogens is 2. The lowest BCUT2D eigenvalue weighted by Gasteiger charge is -2.07. The molecule has 0 saturated carbocycles. The van der Waals surface area contributed by atoms with Gasteiger partial charge in [0, 0.05) is 18.8 Å². The van der Waals surface area contributed by atoms with Crippen LogP contribution < -0.4 is 5.32 Å². The van der Waals surface area contributed by atoms with Crippen LogP contribution in [0.15, 0.2) is 17.0 Å². The maximum atomic E-state index is 4.13. The van der Waals surface area contributed by atoms with E-state index in [9.17, 15) is 0 Å². The normalized spacial score (nSPS) is 10.7. The van der Waals surface area contributed by atoms with Gasteiger partial charge in [-0.2, -0.15) is 0 Å². The molecule has 1 aromatic heterocycles. The summed E-state index contributed by atoms with van der Waals surface area (Å²) in [6.45, 7) is 4.99. The Balaban J connectivity index is 2.57. The SMILES string of the molecule is CC(C)NCc1ncncc1Br. The zero-order chi connectivity index (χ0) is 8.97. The minimum atomic E-state index is 0.479. The van der Waals surface area contributed by atoms with E-state index in [1.807, 2.05) is 0 Å². The fraction of sp³-hybridized carbons (Fsp3) is 0.500. The third-order valence-electron chi connectivity index (χ3n) is 1.42. The van der Waals surface area contributed by atoms with Gasteiger partial charge in [-0.25, -0.2) is 9.97 Å². The minimum Gasteiger partial charge on any atom is -0.309 e. The molecular formula is C8H12BrN3. The molecule has 0 radical (unpaired) electrons. The van der Waals surface area contributed by atoms with Crippen LogP contribution in [-0.2, 0) is 6.54 Å². The third-order valence-corrected chi connectivity index (χ3v) is 2.08. The van der Waals surface area contributed by atoms with E-state index in [-0.39, 0.29) is 0 Å². The van der Waals surface area contributed by atoms with Gasteiger partial charge in [0.25, 0.3) is 0 Å². The van der Waals surface area contributed by atoms with Crippen LogP contribution in [0.1, 0.15) is 19.5 Å². The van der Waals surface area contributed by atoms with Gasteiger partial charge >= 0.3 is 0 Å². The molecule has 66 valence electrons. The van der Waals surface area contributed by atoms with Crippen LogP contribution in [0.5, 0.6) is 0 Å². The van der Waals surface area contributed by atoms with Crippen molar-refractivity contribution in [2.45, 2.75) is 26.4 Å². The molecule has 0 aliphatic rings. The first-order valence-corrected chi connectivity index (χ1v) is 4.67. The second kappa shape index (κ2) is 4.52. The summed E-state index contributed by atoms with van der Waals surface area (Å²) in [7, 11) is 0. The van der Waals surface area contributed by atoms with E-state index in [1.165, 1.54) is 0 Å². The summed E-state index contributed by atoms with van der Waals surface area (Å²) in [5.41, 5.74) is 0.999. The van der Waals surface area contributed by atoms with E-state index in [0.717, 1.165) is 16.7 Å². The van der Waals surface area contributed by atoms with Crippen molar-refractivity contribution >= 4 is 15.9 Å². The molecule has 0 aliphatic carbocycles. The van der Waals surface area contributed by atoms with E-state index < -0.39 is 0 Å². The average molecular weight is 230 g/mol. The molecular weight excluding hydrogens is 218 g/mol. The lowest BCUT2D eigenvalue weighted by molar-refractivity contribution is 0.579. The number of rotatable bonds is 3. The summed E-state index contributed by atoms with van der Waals surface area (Å²) in [4.78, 5) is 8.02. The van der Waals surface area contributed by atoms with Gasteiger partial charge in [0.15, 0.2) is 0 Å². The first kappa shape index (κ1) is 9.61. The summed E-state index contributed by atoms with van der Waals surface area (Å²) in [5, 5.41) is 3.28. The highest BCUT2D eigenvalue weighted by Gasteiger charge is 2.00. The minimum absolute atomic E-state index is 0.479. The van der Waals surface area contributed by atoms with Crippen LogP contribution in [0.4, 0.5) is 0 Å². The van der Waals surface area contributed by atoms with Gasteiger partial charge < -0.3 is 5.32 Å². The van der Waals surface area contributed by atoms with Crippen molar-refractivity contribution in [1.82, 2.24) is 15.3 Å². The molecule has 0 saturated heterocycles. The van der Waals surface area contributed by atoms with E-state index in [1.54, 1.807) is 12.5 Å². The van der Waals surface area contributed by atoms with Gasteiger partial charge in [-0.1, -0.05) is 13.8 Å². The van der Waals surface area contributed by atoms with Crippen LogP contribution in [0.3, 0.4) is 0 Å². The molecule has 0 fully saturated rings. The first-order chi connectivity index (χ1) is 5.70. The molecule has 12 heavy (non-hydrogen) atoms. The Hall–Kier alpha value is -0.480. The summed E-state index contributed by atoms with van der Waals surface area (Å²) in [6, 6.07) is 0.479. The molecule has 0 atom stereocenters. The Morgan fingerprint density at radius 1 is 1.58 bits per heavy atom. The molecule has 0 aromatic carbocycles. The fourth-order valence-electron chi connectivity index (χ4n) is 0.769. The van der Waals surface area contributed by atoms with Crippen molar-refractivity contribution in [1.29, 1.82) is 0 Å². The maximum absolute atomic E-state index is 4.13. The largest absolute Gasteiger partial charge is 0.309 e. The predicted molar refractivity (Wildman–Crippen MR) is 51.7 cm³/mol. The first-order valence-electron chi connectivity index (χ1n) is 3.88. The van der Waals surface area contributed by atoms with Gasteiger partial charge in [0.2, 0.25) is 0 Å². The average Bonchev–Trinajstić information content (AvgIpc) is 2.03. The van der Waals surface area contributed by atoms with E-state index >= 15 is 0 Å². The molecule has 1 N–H and O–H groups in total. The number of nitrogens with zero attached hydrogens (tertiary/aromatic N) is 2. The number of hydrogen-bond donors (Lipinski definition) is 1. The molecule has 1 heterocycles. The Bertz CT molecular complexity index is 250. The van der Waals surface area contributed by atoms with Gasteiger partial charge in [-0.05, 0) is 15.9 Å². The highest BCUT2D eigenvalue weighted by atomic mass is 79.9. The maximum Gasteiger partial charge on any atom is 0.115 e. The van der Waals surface area contributed by atoms with Gasteiger partial charge in [0.1, 0.15) is 6.33 Å². The number of halogens is 1. The van der Waals surface area contributed by atoms with Crippen molar-refractivity contribution in [2.75, 3.05) is 0 Å². The molecule has 0 spiro atoms. The zero-order valence-electron chi connectivity index (χ0n) is 7.21. The standard InChI is InChI=1S/C8H12BrN3/c1-6(2)11-4-8-7(9)3-10-5-12-8/h3,5-6,11H,4H2,1-2H3. The Labute approximate surface area is 80.7 Å². The zero-order valence-corrected chi connectivity index (χ0v) is 8.80. The summed E-state index contributed by atoms with van der Waals surface area (Å²) in [5.74, 6) is 0. The van der Waals surface area contributed by atoms with Crippen LogP contribution in [-0.4, -0.2) is 16.0 Å². The van der Waals surface area contributed by atoms with E-state index in [4.69, 9.17) is 0 Å². The predicted octanol–water partition coefficient (Wildman–Crippen LogP) is 1.74. The van der Waals surface area contributed by atoms with Crippen LogP contribution in [0.2, 0.25) is 0 Å². The summed E-state index contributed by atoms with van der Waals surface area (Å²) in [6.07, 6.45) is 3.31. The number of nitrogens with one attached hydrogen (secondary N) is 1. The monoisotopic (exact) mass is 229 g/mol. The molecule has 0 amide bonds. The second-order valence-electron chi connectivity index (χ2n) is 2.85. The van der Waals surface area contributed by atoms with Crippen molar-refractivity contribution in [3.8, 4) is 0 Å². The van der Waals surface area contributed by atoms with Crippen molar-refractivity contribution in [3.05, 3.63) is 22.7 Å². The molecule has 1 aromatic rings. The molecule has 4 heteroatoms. The molecule has 0 aliphatic heterocycles. The van der Waals surface area contributed by atoms with Gasteiger partial charge in [-0.15, -0.1) is 0 Å². The summed E-state index contributed by atoms with van der Waals surface area (Å²) >= 11 is 3.38. The molecule has 3 nitrogen and oxygen atoms in total. The summed E-state index contributed by atoms with van der Waals surface area (Å²) < 4.78 is 0.957. The lowest BCUT2D eigenvalue weighted by atomic mass is 10.3. The molecule has 0 unspecified atom stereocenters. The smallest absolute Gasteiger partial charge is 0.115 e. The molecule has 0 bridgehead atoms. The van der Waals surface area contributed by atoms with Crippen LogP contribution >= 0.6 is 15.9 Å². The highest BCUT2D eigenvalue weighted by molar-refractivity contribution is 9.10. The quantitative estimate of drug-likeness (QED) is 0.859. The van der Waals surface area contributed by atoms with Crippen molar-refractivity contribution in [3.63, 3.8) is 0 Å². The van der Waals surface area contributed by atoms with Gasteiger partial charge in [-0.3, -0.25) is 0 Å². The van der Waals surface area contributed by atoms with E-state index in [0.29, 0.717) is 6.04 Å². The van der Waals surface area contributed by atoms with Crippen LogP contribution in [0.25, 0.3) is 0 Å². The Morgan fingerprint density at radius 2 is 2.33 bits per heavy atom. The van der Waals surface area contributed by atoms with Crippen LogP contribution in [0, 0.1) is 0 Å². The highest BCUT2D eigenvalue weighted by Crippen LogP contribution is 2.11. The Morgan fingerprint density at radius 3 is 2.92 bits per heavy atom. The second-order valence-corrected chi connectivity index (χ2v) is 3.71. The van der Waals surface area contributed by atoms with Gasteiger partial charge in [0.05, 0.1) is 10.2 Å². The topological polar surface area (TPSA) is 37.8 Å². The Kier molecular flexibility index (Phi) is 3.62. The third kappa shape index (κ3) is 2.87. The van der Waals surface area contributed by atoms with Crippen molar-refractivity contribution in [2.24, 2.45) is 0 Å². The lowest BCUT2D eigenvalue weighted by Crippen LogP contribution is -2.22. The van der Waals surface area contributed by atoms with E-state index in [2.05, 4.69) is 45.1 Å². The fourth-order valence-corrected chi connectivity index (χ4v) is 1.13. The van der Waals surface area contributed by atoms with Crippen molar-refractivity contribution < 1.29 is 0 Å². The molecule has 1 rings (SSSR count). The number of hydrogen-bond acceptors (Lipinski definition) is 3.